The number of hydrogen-bond donors (Lipinski definition) is 3. The molecule has 9 nitrogen and oxygen atoms in total. The minimum Gasteiger partial charge on any atom is -0.442 e. The highest BCUT2D eigenvalue weighted by atomic mass is 19.1. The molecule has 2 saturated heterocycles. The molecule has 2 aromatic carbocycles. The van der Waals surface area contributed by atoms with Crippen molar-refractivity contribution in [3.63, 3.8) is 0 Å². The van der Waals surface area contributed by atoms with E-state index in [1.165, 1.54) is 23.1 Å². The van der Waals surface area contributed by atoms with Crippen LogP contribution in [0.25, 0.3) is 0 Å². The number of rotatable bonds is 7. The number of carbonyl (C=O) groups excluding carboxylic acids is 2. The van der Waals surface area contributed by atoms with Gasteiger partial charge in [0.25, 0.3) is 0 Å². The van der Waals surface area contributed by atoms with Gasteiger partial charge in [0.1, 0.15) is 11.9 Å². The Bertz CT molecular complexity index is 1000. The summed E-state index contributed by atoms with van der Waals surface area (Å²) in [6.45, 7) is 2.63. The van der Waals surface area contributed by atoms with Crippen LogP contribution in [0.4, 0.5) is 20.6 Å². The summed E-state index contributed by atoms with van der Waals surface area (Å²) in [6.07, 6.45) is -1.05. The number of nitrogens with one attached hydrogen (secondary N) is 1. The molecule has 0 aliphatic carbocycles. The lowest BCUT2D eigenvalue weighted by molar-refractivity contribution is -0.120. The first-order valence-electron chi connectivity index (χ1n) is 10.7. The van der Waals surface area contributed by atoms with Gasteiger partial charge in [0, 0.05) is 13.1 Å². The number of carbonyl (C=O) groups is 2. The summed E-state index contributed by atoms with van der Waals surface area (Å²) in [7, 11) is -1.56. The molecule has 2 aliphatic heterocycles. The van der Waals surface area contributed by atoms with Gasteiger partial charge in [-0.1, -0.05) is 24.3 Å². The van der Waals surface area contributed by atoms with E-state index in [2.05, 4.69) is 5.32 Å². The molecule has 1 atom stereocenters. The van der Waals surface area contributed by atoms with Gasteiger partial charge < -0.3 is 29.7 Å². The maximum atomic E-state index is 14.7. The molecule has 0 spiro atoms. The number of benzene rings is 2. The molecule has 33 heavy (non-hydrogen) atoms. The van der Waals surface area contributed by atoms with Crippen molar-refractivity contribution < 1.29 is 33.5 Å². The van der Waals surface area contributed by atoms with Crippen LogP contribution in [-0.2, 0) is 20.7 Å². The zero-order valence-electron chi connectivity index (χ0n) is 17.9. The molecule has 0 radical (unpaired) electrons. The fourth-order valence-corrected chi connectivity index (χ4v) is 3.85. The molecule has 2 fully saturated rings. The summed E-state index contributed by atoms with van der Waals surface area (Å²) in [5.41, 5.74) is 1.92. The largest absolute Gasteiger partial charge is 0.488 e. The van der Waals surface area contributed by atoms with Crippen molar-refractivity contribution in [1.82, 2.24) is 5.32 Å². The van der Waals surface area contributed by atoms with Crippen molar-refractivity contribution in [2.45, 2.75) is 12.5 Å². The number of cyclic esters (lactones) is 1. The molecule has 0 unspecified atom stereocenters. The van der Waals surface area contributed by atoms with Crippen LogP contribution in [0.3, 0.4) is 0 Å². The Labute approximate surface area is 190 Å². The van der Waals surface area contributed by atoms with Crippen LogP contribution >= 0.6 is 0 Å². The Morgan fingerprint density at radius 3 is 2.55 bits per heavy atom. The molecule has 0 aromatic heterocycles. The number of amides is 2. The summed E-state index contributed by atoms with van der Waals surface area (Å²) in [6, 6.07) is 11.0. The van der Waals surface area contributed by atoms with Crippen LogP contribution < -0.4 is 20.6 Å². The minimum atomic E-state index is -1.56. The van der Waals surface area contributed by atoms with Crippen molar-refractivity contribution in [1.29, 1.82) is 0 Å². The maximum absolute atomic E-state index is 14.7. The average molecular weight is 457 g/mol. The summed E-state index contributed by atoms with van der Waals surface area (Å²) in [5.74, 6) is -0.679. The van der Waals surface area contributed by atoms with E-state index >= 15 is 0 Å². The summed E-state index contributed by atoms with van der Waals surface area (Å²) < 4.78 is 25.3. The highest BCUT2D eigenvalue weighted by Crippen LogP contribution is 2.28. The van der Waals surface area contributed by atoms with Crippen molar-refractivity contribution in [3.8, 4) is 0 Å². The number of nitrogens with zero attached hydrogens (tertiary/aromatic N) is 2. The van der Waals surface area contributed by atoms with Crippen LogP contribution in [0.1, 0.15) is 5.56 Å². The molecule has 0 bridgehead atoms. The van der Waals surface area contributed by atoms with Gasteiger partial charge in [-0.15, -0.1) is 0 Å². The van der Waals surface area contributed by atoms with E-state index < -0.39 is 25.1 Å². The van der Waals surface area contributed by atoms with E-state index in [4.69, 9.17) is 19.5 Å². The molecule has 11 heteroatoms. The number of morpholine rings is 1. The first kappa shape index (κ1) is 23.0. The average Bonchev–Trinajstić information content (AvgIpc) is 3.19. The van der Waals surface area contributed by atoms with E-state index in [1.54, 1.807) is 24.3 Å². The third-order valence-electron chi connectivity index (χ3n) is 5.64. The predicted molar refractivity (Wildman–Crippen MR) is 120 cm³/mol. The standard InChI is InChI=1S/C22H25BFN3O6/c24-19-12-17(5-6-20(19)26-7-9-32-10-8-26)27-14-18(33-22(27)29)13-25-21(28)11-15-1-3-16(4-2-15)23(30)31/h1-6,12,18,30-31H,7-11,13-14H2,(H,25,28)/t18-/m0/s1. The Balaban J connectivity index is 1.30. The lowest BCUT2D eigenvalue weighted by atomic mass is 9.80. The van der Waals surface area contributed by atoms with E-state index in [-0.39, 0.29) is 25.4 Å². The van der Waals surface area contributed by atoms with Crippen molar-refractivity contribution in [2.24, 2.45) is 0 Å². The molecule has 2 aliphatic rings. The van der Waals surface area contributed by atoms with Crippen molar-refractivity contribution in [2.75, 3.05) is 49.2 Å². The molecule has 2 amide bonds. The molecule has 4 rings (SSSR count). The second-order valence-corrected chi connectivity index (χ2v) is 7.95. The van der Waals surface area contributed by atoms with Gasteiger partial charge in [0.05, 0.1) is 44.1 Å². The maximum Gasteiger partial charge on any atom is 0.488 e. The van der Waals surface area contributed by atoms with Crippen LogP contribution in [0, 0.1) is 5.82 Å². The second-order valence-electron chi connectivity index (χ2n) is 7.95. The number of hydrogen-bond acceptors (Lipinski definition) is 7. The van der Waals surface area contributed by atoms with Gasteiger partial charge in [0.2, 0.25) is 5.91 Å². The number of halogens is 1. The Morgan fingerprint density at radius 1 is 1.15 bits per heavy atom. The lowest BCUT2D eigenvalue weighted by Gasteiger charge is -2.29. The summed E-state index contributed by atoms with van der Waals surface area (Å²) >= 11 is 0. The van der Waals surface area contributed by atoms with E-state index in [0.717, 1.165) is 0 Å². The van der Waals surface area contributed by atoms with Gasteiger partial charge in [-0.3, -0.25) is 9.69 Å². The topological polar surface area (TPSA) is 112 Å². The lowest BCUT2D eigenvalue weighted by Crippen LogP contribution is -2.37. The first-order valence-corrected chi connectivity index (χ1v) is 10.7. The highest BCUT2D eigenvalue weighted by Gasteiger charge is 2.33. The Kier molecular flexibility index (Phi) is 7.12. The van der Waals surface area contributed by atoms with Gasteiger partial charge in [-0.05, 0) is 29.2 Å². The second kappa shape index (κ2) is 10.2. The van der Waals surface area contributed by atoms with Gasteiger partial charge in [-0.2, -0.15) is 0 Å². The van der Waals surface area contributed by atoms with E-state index in [0.29, 0.717) is 48.7 Å². The monoisotopic (exact) mass is 457 g/mol. The Hall–Kier alpha value is -3.15. The van der Waals surface area contributed by atoms with E-state index in [1.807, 2.05) is 4.90 Å². The van der Waals surface area contributed by atoms with Crippen LogP contribution in [0.5, 0.6) is 0 Å². The normalized spacial score (nSPS) is 18.3. The molecule has 3 N–H and O–H groups in total. The minimum absolute atomic E-state index is 0.0976. The Morgan fingerprint density at radius 2 is 1.88 bits per heavy atom. The summed E-state index contributed by atoms with van der Waals surface area (Å²) in [5, 5.41) is 21.0. The SMILES string of the molecule is O=C(Cc1ccc(B(O)O)cc1)NC[C@H]1CN(c2ccc(N3CCOCC3)c(F)c2)C(=O)O1. The molecule has 0 saturated carbocycles. The fourth-order valence-electron chi connectivity index (χ4n) is 3.85. The quantitative estimate of drug-likeness (QED) is 0.503. The smallest absolute Gasteiger partial charge is 0.442 e. The fraction of sp³-hybridized carbons (Fsp3) is 0.364. The van der Waals surface area contributed by atoms with Gasteiger partial charge in [-0.25, -0.2) is 9.18 Å². The molecule has 174 valence electrons. The molecular formula is C22H25BFN3O6. The number of anilines is 2. The zero-order chi connectivity index (χ0) is 23.4. The van der Waals surface area contributed by atoms with Crippen molar-refractivity contribution in [3.05, 3.63) is 53.8 Å². The van der Waals surface area contributed by atoms with E-state index in [9.17, 15) is 14.0 Å². The third-order valence-corrected chi connectivity index (χ3v) is 5.64. The highest BCUT2D eigenvalue weighted by molar-refractivity contribution is 6.58. The molecular weight excluding hydrogens is 432 g/mol. The first-order chi connectivity index (χ1) is 15.9. The third kappa shape index (κ3) is 5.62. The van der Waals surface area contributed by atoms with Crippen LogP contribution in [0.15, 0.2) is 42.5 Å². The molecule has 2 aromatic rings. The molecule has 2 heterocycles. The van der Waals surface area contributed by atoms with Crippen LogP contribution in [0.2, 0.25) is 0 Å². The van der Waals surface area contributed by atoms with Crippen molar-refractivity contribution >= 4 is 36.0 Å². The predicted octanol–water partition coefficient (Wildman–Crippen LogP) is 0.0262. The zero-order valence-corrected chi connectivity index (χ0v) is 17.9. The summed E-state index contributed by atoms with van der Waals surface area (Å²) in [4.78, 5) is 27.8. The van der Waals surface area contributed by atoms with Crippen LogP contribution in [-0.4, -0.2) is 74.7 Å². The van der Waals surface area contributed by atoms with Gasteiger partial charge >= 0.3 is 13.2 Å². The number of ether oxygens (including phenoxy) is 2. The van der Waals surface area contributed by atoms with Gasteiger partial charge in [0.15, 0.2) is 0 Å².